The first-order valence-corrected chi connectivity index (χ1v) is 6.02. The third kappa shape index (κ3) is 1.77. The van der Waals surface area contributed by atoms with Gasteiger partial charge >= 0.3 is 5.97 Å². The van der Waals surface area contributed by atoms with Crippen LogP contribution in [0.4, 0.5) is 5.95 Å². The molecule has 0 spiro atoms. The number of methoxy groups -OCH3 is 1. The van der Waals surface area contributed by atoms with Gasteiger partial charge in [-0.15, -0.1) is 0 Å². The van der Waals surface area contributed by atoms with Gasteiger partial charge in [-0.2, -0.15) is 4.68 Å². The molecule has 0 aromatic carbocycles. The van der Waals surface area contributed by atoms with Crippen LogP contribution in [0.3, 0.4) is 0 Å². The monoisotopic (exact) mass is 275 g/mol. The third-order valence-electron chi connectivity index (χ3n) is 3.15. The van der Waals surface area contributed by atoms with Crippen molar-refractivity contribution < 1.29 is 13.9 Å². The molecule has 0 amide bonds. The largest absolute Gasteiger partial charge is 0.466 e. The number of furan rings is 1. The molecule has 8 heteroatoms. The first-order valence-electron chi connectivity index (χ1n) is 6.02. The number of tetrazole rings is 1. The number of nitrogens with zero attached hydrogens (tertiary/aromatic N) is 4. The zero-order valence-electron chi connectivity index (χ0n) is 11.2. The van der Waals surface area contributed by atoms with Crippen molar-refractivity contribution in [1.29, 1.82) is 0 Å². The van der Waals surface area contributed by atoms with Gasteiger partial charge in [0, 0.05) is 5.70 Å². The zero-order chi connectivity index (χ0) is 14.3. The molecule has 20 heavy (non-hydrogen) atoms. The molecular weight excluding hydrogens is 262 g/mol. The second-order valence-electron chi connectivity index (χ2n) is 4.45. The van der Waals surface area contributed by atoms with Crippen LogP contribution in [0.2, 0.25) is 0 Å². The number of allylic oxidation sites excluding steroid dienone is 1. The van der Waals surface area contributed by atoms with Crippen molar-refractivity contribution in [3.63, 3.8) is 0 Å². The van der Waals surface area contributed by atoms with E-state index in [2.05, 4.69) is 20.8 Å². The molecule has 0 radical (unpaired) electrons. The lowest BCUT2D eigenvalue weighted by Crippen LogP contribution is -2.29. The molecule has 1 atom stereocenters. The van der Waals surface area contributed by atoms with Gasteiger partial charge in [0.25, 0.3) is 0 Å². The number of nitrogens with one attached hydrogen (secondary N) is 1. The van der Waals surface area contributed by atoms with Crippen LogP contribution in [0.25, 0.3) is 0 Å². The lowest BCUT2D eigenvalue weighted by atomic mass is 10.0. The quantitative estimate of drug-likeness (QED) is 0.818. The Balaban J connectivity index is 2.18. The highest BCUT2D eigenvalue weighted by atomic mass is 16.5. The van der Waals surface area contributed by atoms with Crippen molar-refractivity contribution in [1.82, 2.24) is 20.2 Å². The predicted molar refractivity (Wildman–Crippen MR) is 67.7 cm³/mol. The number of hydrogen-bond acceptors (Lipinski definition) is 7. The summed E-state index contributed by atoms with van der Waals surface area (Å²) in [6.45, 7) is 3.60. The van der Waals surface area contributed by atoms with Crippen molar-refractivity contribution in [3.8, 4) is 0 Å². The number of ether oxygens (including phenoxy) is 1. The van der Waals surface area contributed by atoms with E-state index in [0.717, 1.165) is 5.76 Å². The number of aryl methyl sites for hydroxylation is 1. The van der Waals surface area contributed by atoms with Gasteiger partial charge in [-0.05, 0) is 36.4 Å². The Morgan fingerprint density at radius 1 is 1.45 bits per heavy atom. The maximum absolute atomic E-state index is 12.1. The first-order chi connectivity index (χ1) is 9.61. The second-order valence-corrected chi connectivity index (χ2v) is 4.45. The van der Waals surface area contributed by atoms with Gasteiger partial charge in [0.05, 0.1) is 12.7 Å². The summed E-state index contributed by atoms with van der Waals surface area (Å²) in [4.78, 5) is 12.1. The Kier molecular flexibility index (Phi) is 2.78. The van der Waals surface area contributed by atoms with Crippen LogP contribution in [0.5, 0.6) is 0 Å². The van der Waals surface area contributed by atoms with Crippen LogP contribution in [0, 0.1) is 6.92 Å². The summed E-state index contributed by atoms with van der Waals surface area (Å²) in [6, 6.07) is 3.08. The smallest absolute Gasteiger partial charge is 0.338 e. The maximum atomic E-state index is 12.1. The number of hydrogen-bond donors (Lipinski definition) is 1. The van der Waals surface area contributed by atoms with Crippen LogP contribution in [-0.2, 0) is 9.53 Å². The third-order valence-corrected chi connectivity index (χ3v) is 3.15. The topological polar surface area (TPSA) is 95.1 Å². The number of aromatic nitrogens is 4. The highest BCUT2D eigenvalue weighted by molar-refractivity contribution is 5.92. The minimum Gasteiger partial charge on any atom is -0.466 e. The number of rotatable bonds is 2. The summed E-state index contributed by atoms with van der Waals surface area (Å²) in [6.07, 6.45) is 0. The average molecular weight is 275 g/mol. The van der Waals surface area contributed by atoms with E-state index >= 15 is 0 Å². The van der Waals surface area contributed by atoms with Crippen molar-refractivity contribution in [2.75, 3.05) is 12.4 Å². The number of fused-ring (bicyclic) bond motifs is 1. The van der Waals surface area contributed by atoms with Crippen molar-refractivity contribution >= 4 is 11.9 Å². The highest BCUT2D eigenvalue weighted by Crippen LogP contribution is 2.35. The molecule has 0 saturated carbocycles. The Morgan fingerprint density at radius 2 is 2.25 bits per heavy atom. The fraction of sp³-hybridized carbons (Fsp3) is 0.333. The normalized spacial score (nSPS) is 17.6. The second kappa shape index (κ2) is 4.48. The van der Waals surface area contributed by atoms with Gasteiger partial charge in [0.2, 0.25) is 5.95 Å². The summed E-state index contributed by atoms with van der Waals surface area (Å²) in [5.74, 6) is 1.33. The molecular formula is C12H13N5O3. The highest BCUT2D eigenvalue weighted by Gasteiger charge is 2.36. The van der Waals surface area contributed by atoms with E-state index in [0.29, 0.717) is 23.0 Å². The zero-order valence-corrected chi connectivity index (χ0v) is 11.2. The van der Waals surface area contributed by atoms with Crippen molar-refractivity contribution in [2.24, 2.45) is 0 Å². The fourth-order valence-corrected chi connectivity index (χ4v) is 2.25. The number of esters is 1. The van der Waals surface area contributed by atoms with Crippen molar-refractivity contribution in [2.45, 2.75) is 19.9 Å². The lowest BCUT2D eigenvalue weighted by Gasteiger charge is -2.25. The van der Waals surface area contributed by atoms with Crippen LogP contribution in [-0.4, -0.2) is 33.3 Å². The van der Waals surface area contributed by atoms with E-state index in [9.17, 15) is 4.79 Å². The molecule has 0 bridgehead atoms. The Hall–Kier alpha value is -2.64. The van der Waals surface area contributed by atoms with E-state index in [4.69, 9.17) is 9.15 Å². The summed E-state index contributed by atoms with van der Waals surface area (Å²) < 4.78 is 12.0. The molecule has 3 rings (SSSR count). The first kappa shape index (κ1) is 12.4. The van der Waals surface area contributed by atoms with E-state index in [1.165, 1.54) is 11.8 Å². The minimum absolute atomic E-state index is 0.418. The number of carbonyl (C=O) groups excluding carboxylic acids is 1. The molecule has 8 nitrogen and oxygen atoms in total. The predicted octanol–water partition coefficient (Wildman–Crippen LogP) is 1.04. The van der Waals surface area contributed by atoms with Crippen LogP contribution >= 0.6 is 0 Å². The number of carbonyl (C=O) groups is 1. The van der Waals surface area contributed by atoms with E-state index in [1.807, 2.05) is 13.0 Å². The lowest BCUT2D eigenvalue weighted by molar-refractivity contribution is -0.136. The van der Waals surface area contributed by atoms with Crippen LogP contribution in [0.1, 0.15) is 24.5 Å². The van der Waals surface area contributed by atoms with Gasteiger partial charge in [-0.1, -0.05) is 5.10 Å². The van der Waals surface area contributed by atoms with Crippen LogP contribution in [0.15, 0.2) is 27.8 Å². The van der Waals surface area contributed by atoms with Gasteiger partial charge in [0.15, 0.2) is 0 Å². The van der Waals surface area contributed by atoms with E-state index in [1.54, 1.807) is 13.0 Å². The maximum Gasteiger partial charge on any atom is 0.338 e. The van der Waals surface area contributed by atoms with Crippen LogP contribution < -0.4 is 5.32 Å². The SMILES string of the molecule is COC(=O)C1=C(C)Nc2nnnn2C1c1ccc(C)o1. The summed E-state index contributed by atoms with van der Waals surface area (Å²) in [7, 11) is 1.34. The fourth-order valence-electron chi connectivity index (χ4n) is 2.25. The Bertz CT molecular complexity index is 700. The average Bonchev–Trinajstić information content (AvgIpc) is 3.04. The molecule has 104 valence electrons. The molecule has 0 fully saturated rings. The van der Waals surface area contributed by atoms with E-state index < -0.39 is 12.0 Å². The molecule has 0 aliphatic carbocycles. The summed E-state index contributed by atoms with van der Waals surface area (Å²) in [5, 5.41) is 14.4. The minimum atomic E-state index is -0.539. The standard InChI is InChI=1S/C12H13N5O3/c1-6-4-5-8(20-6)10-9(11(18)19-3)7(2)13-12-14-15-16-17(10)12/h4-5,10H,1-3H3,(H,13,14,16). The molecule has 0 saturated heterocycles. The molecule has 1 aliphatic heterocycles. The molecule has 2 aromatic heterocycles. The molecule has 3 heterocycles. The van der Waals surface area contributed by atoms with Gasteiger partial charge in [-0.3, -0.25) is 0 Å². The molecule has 1 aliphatic rings. The van der Waals surface area contributed by atoms with Gasteiger partial charge in [-0.25, -0.2) is 4.79 Å². The summed E-state index contributed by atoms with van der Waals surface area (Å²) >= 11 is 0. The Morgan fingerprint density at radius 3 is 2.90 bits per heavy atom. The van der Waals surface area contributed by atoms with Gasteiger partial charge in [0.1, 0.15) is 17.6 Å². The Labute approximate surface area is 114 Å². The summed E-state index contributed by atoms with van der Waals surface area (Å²) in [5.41, 5.74) is 1.06. The molecule has 2 aromatic rings. The molecule has 1 N–H and O–H groups in total. The van der Waals surface area contributed by atoms with Gasteiger partial charge < -0.3 is 14.5 Å². The van der Waals surface area contributed by atoms with E-state index in [-0.39, 0.29) is 0 Å². The molecule has 1 unspecified atom stereocenters. The number of anilines is 1. The van der Waals surface area contributed by atoms with Crippen molar-refractivity contribution in [3.05, 3.63) is 34.9 Å².